The van der Waals surface area contributed by atoms with Gasteiger partial charge in [0, 0.05) is 20.6 Å². The highest BCUT2D eigenvalue weighted by molar-refractivity contribution is 5.67. The third kappa shape index (κ3) is 5.68. The lowest BCUT2D eigenvalue weighted by molar-refractivity contribution is 0.103. The maximum absolute atomic E-state index is 13.7. The van der Waals surface area contributed by atoms with Crippen LogP contribution in [0.15, 0.2) is 12.1 Å². The zero-order valence-corrected chi connectivity index (χ0v) is 18.2. The molecule has 3 rings (SSSR count). The first-order valence-corrected chi connectivity index (χ1v) is 10.6. The van der Waals surface area contributed by atoms with Gasteiger partial charge < -0.3 is 14.4 Å². The molecule has 2 aromatic rings. The minimum Gasteiger partial charge on any atom is -0.488 e. The van der Waals surface area contributed by atoms with Gasteiger partial charge in [-0.05, 0) is 44.2 Å². The molecule has 0 radical (unpaired) electrons. The van der Waals surface area contributed by atoms with Gasteiger partial charge in [0.1, 0.15) is 29.4 Å². The van der Waals surface area contributed by atoms with Gasteiger partial charge in [0.2, 0.25) is 0 Å². The van der Waals surface area contributed by atoms with E-state index in [9.17, 15) is 13.6 Å². The fourth-order valence-electron chi connectivity index (χ4n) is 3.62. The molecular weight excluding hydrogens is 408 g/mol. The SMILES string of the molecule is CCCN(C)C(=O)OCc1c(-c2ccc(OC3CCCCC3)c(C(F)F)n2)nnn1C. The number of carbonyl (C=O) groups is 1. The van der Waals surface area contributed by atoms with Crippen molar-refractivity contribution in [3.8, 4) is 17.1 Å². The molecule has 0 bridgehead atoms. The van der Waals surface area contributed by atoms with Gasteiger partial charge in [-0.1, -0.05) is 18.6 Å². The molecule has 170 valence electrons. The number of pyridine rings is 1. The number of hydrogen-bond acceptors (Lipinski definition) is 6. The summed E-state index contributed by atoms with van der Waals surface area (Å²) in [5.41, 5.74) is 0.568. The van der Waals surface area contributed by atoms with Crippen molar-refractivity contribution in [2.75, 3.05) is 13.6 Å². The van der Waals surface area contributed by atoms with Gasteiger partial charge in [-0.25, -0.2) is 23.2 Å². The Morgan fingerprint density at radius 3 is 2.71 bits per heavy atom. The maximum atomic E-state index is 13.7. The smallest absolute Gasteiger partial charge is 0.409 e. The van der Waals surface area contributed by atoms with Crippen molar-refractivity contribution in [2.24, 2.45) is 7.05 Å². The Morgan fingerprint density at radius 1 is 1.29 bits per heavy atom. The molecule has 0 N–H and O–H groups in total. The summed E-state index contributed by atoms with van der Waals surface area (Å²) in [7, 11) is 3.29. The standard InChI is InChI=1S/C21H29F2N5O3/c1-4-12-27(2)21(29)30-13-16-18(25-26-28(16)3)15-10-11-17(19(24-15)20(22)23)31-14-8-6-5-7-9-14/h10-11,14,20H,4-9,12-13H2,1-3H3. The second-order valence-corrected chi connectivity index (χ2v) is 7.74. The van der Waals surface area contributed by atoms with Crippen LogP contribution in [0.25, 0.3) is 11.4 Å². The first-order chi connectivity index (χ1) is 14.9. The molecule has 0 saturated heterocycles. The molecule has 8 nitrogen and oxygen atoms in total. The van der Waals surface area contributed by atoms with E-state index in [0.717, 1.165) is 38.5 Å². The van der Waals surface area contributed by atoms with E-state index in [2.05, 4.69) is 15.3 Å². The van der Waals surface area contributed by atoms with Crippen LogP contribution in [0.3, 0.4) is 0 Å². The molecule has 1 saturated carbocycles. The number of ether oxygens (including phenoxy) is 2. The van der Waals surface area contributed by atoms with Crippen LogP contribution in [0.2, 0.25) is 0 Å². The molecule has 0 aliphatic heterocycles. The predicted molar refractivity (Wildman–Crippen MR) is 110 cm³/mol. The van der Waals surface area contributed by atoms with Crippen LogP contribution in [-0.2, 0) is 18.4 Å². The zero-order valence-electron chi connectivity index (χ0n) is 18.2. The molecule has 1 fully saturated rings. The van der Waals surface area contributed by atoms with Crippen molar-refractivity contribution in [1.82, 2.24) is 24.9 Å². The number of alkyl halides is 2. The van der Waals surface area contributed by atoms with Crippen molar-refractivity contribution in [2.45, 2.75) is 64.6 Å². The number of aryl methyl sites for hydroxylation is 1. The number of aromatic nitrogens is 4. The minimum atomic E-state index is -2.79. The van der Waals surface area contributed by atoms with Crippen molar-refractivity contribution < 1.29 is 23.0 Å². The number of halogens is 2. The fourth-order valence-corrected chi connectivity index (χ4v) is 3.62. The van der Waals surface area contributed by atoms with Crippen molar-refractivity contribution in [3.63, 3.8) is 0 Å². The number of nitrogens with zero attached hydrogens (tertiary/aromatic N) is 5. The summed E-state index contributed by atoms with van der Waals surface area (Å²) in [5, 5.41) is 8.00. The molecule has 0 aromatic carbocycles. The average molecular weight is 437 g/mol. The molecule has 1 aliphatic rings. The Morgan fingerprint density at radius 2 is 2.03 bits per heavy atom. The Labute approximate surface area is 180 Å². The summed E-state index contributed by atoms with van der Waals surface area (Å²) in [6.07, 6.45) is 2.40. The van der Waals surface area contributed by atoms with Gasteiger partial charge in [-0.15, -0.1) is 5.10 Å². The van der Waals surface area contributed by atoms with Crippen LogP contribution in [-0.4, -0.2) is 50.7 Å². The third-order valence-electron chi connectivity index (χ3n) is 5.33. The topological polar surface area (TPSA) is 82.4 Å². The second-order valence-electron chi connectivity index (χ2n) is 7.74. The average Bonchev–Trinajstić information content (AvgIpc) is 3.13. The van der Waals surface area contributed by atoms with Gasteiger partial charge in [0.15, 0.2) is 0 Å². The largest absolute Gasteiger partial charge is 0.488 e. The molecule has 0 unspecified atom stereocenters. The summed E-state index contributed by atoms with van der Waals surface area (Å²) in [6.45, 7) is 2.43. The minimum absolute atomic E-state index is 0.0644. The van der Waals surface area contributed by atoms with Gasteiger partial charge >= 0.3 is 6.09 Å². The van der Waals surface area contributed by atoms with E-state index >= 15 is 0 Å². The Hall–Kier alpha value is -2.78. The Kier molecular flexibility index (Phi) is 7.75. The summed E-state index contributed by atoms with van der Waals surface area (Å²) in [5.74, 6) is 0.101. The lowest BCUT2D eigenvalue weighted by Gasteiger charge is -2.24. The normalized spacial score (nSPS) is 14.6. The first-order valence-electron chi connectivity index (χ1n) is 10.6. The molecule has 0 spiro atoms. The van der Waals surface area contributed by atoms with E-state index in [1.807, 2.05) is 6.92 Å². The molecule has 31 heavy (non-hydrogen) atoms. The van der Waals surface area contributed by atoms with E-state index < -0.39 is 18.2 Å². The van der Waals surface area contributed by atoms with Crippen LogP contribution < -0.4 is 4.74 Å². The molecule has 0 atom stereocenters. The molecule has 1 aliphatic carbocycles. The van der Waals surface area contributed by atoms with Crippen molar-refractivity contribution in [3.05, 3.63) is 23.5 Å². The van der Waals surface area contributed by atoms with Gasteiger partial charge in [0.05, 0.1) is 11.8 Å². The second kappa shape index (κ2) is 10.5. The summed E-state index contributed by atoms with van der Waals surface area (Å²) in [4.78, 5) is 17.7. The highest BCUT2D eigenvalue weighted by Crippen LogP contribution is 2.33. The van der Waals surface area contributed by atoms with E-state index in [1.54, 1.807) is 20.2 Å². The third-order valence-corrected chi connectivity index (χ3v) is 5.33. The van der Waals surface area contributed by atoms with E-state index in [4.69, 9.17) is 9.47 Å². The Balaban J connectivity index is 1.80. The molecular formula is C21H29F2N5O3. The van der Waals surface area contributed by atoms with Crippen LogP contribution in [0.4, 0.5) is 13.6 Å². The molecule has 2 aromatic heterocycles. The van der Waals surface area contributed by atoms with Crippen LogP contribution in [0.1, 0.15) is 63.3 Å². The number of carbonyl (C=O) groups excluding carboxylic acids is 1. The van der Waals surface area contributed by atoms with Gasteiger partial charge in [-0.2, -0.15) is 0 Å². The lowest BCUT2D eigenvalue weighted by atomic mass is 9.98. The first kappa shape index (κ1) is 22.9. The quantitative estimate of drug-likeness (QED) is 0.605. The maximum Gasteiger partial charge on any atom is 0.409 e. The van der Waals surface area contributed by atoms with Gasteiger partial charge in [-0.3, -0.25) is 0 Å². The fraction of sp³-hybridized carbons (Fsp3) is 0.619. The number of amides is 1. The summed E-state index contributed by atoms with van der Waals surface area (Å²) in [6, 6.07) is 3.10. The predicted octanol–water partition coefficient (Wildman–Crippen LogP) is 4.50. The number of hydrogen-bond donors (Lipinski definition) is 0. The molecule has 1 amide bonds. The van der Waals surface area contributed by atoms with E-state index in [0.29, 0.717) is 17.9 Å². The highest BCUT2D eigenvalue weighted by Gasteiger charge is 2.24. The zero-order chi connectivity index (χ0) is 22.4. The lowest BCUT2D eigenvalue weighted by Crippen LogP contribution is -2.28. The monoisotopic (exact) mass is 437 g/mol. The van der Waals surface area contributed by atoms with E-state index in [-0.39, 0.29) is 24.2 Å². The van der Waals surface area contributed by atoms with Crippen LogP contribution in [0.5, 0.6) is 5.75 Å². The Bertz CT molecular complexity index is 884. The van der Waals surface area contributed by atoms with E-state index in [1.165, 1.54) is 15.6 Å². The number of rotatable bonds is 8. The summed E-state index contributed by atoms with van der Waals surface area (Å²) >= 11 is 0. The van der Waals surface area contributed by atoms with Crippen molar-refractivity contribution >= 4 is 6.09 Å². The van der Waals surface area contributed by atoms with Gasteiger partial charge in [0.25, 0.3) is 6.43 Å². The van der Waals surface area contributed by atoms with Crippen molar-refractivity contribution in [1.29, 1.82) is 0 Å². The molecule has 2 heterocycles. The molecule has 10 heteroatoms. The highest BCUT2D eigenvalue weighted by atomic mass is 19.3. The van der Waals surface area contributed by atoms with Crippen LogP contribution in [0, 0.1) is 0 Å². The summed E-state index contributed by atoms with van der Waals surface area (Å²) < 4.78 is 40.1. The van der Waals surface area contributed by atoms with Crippen LogP contribution >= 0.6 is 0 Å².